The zero-order valence-electron chi connectivity index (χ0n) is 8.47. The molecule has 0 amide bonds. The highest BCUT2D eigenvalue weighted by Crippen LogP contribution is 2.09. The Hall–Kier alpha value is -1.68. The standard InChI is InChI=1S/C11H12N2O2/c1-8-11(15)13(6-7-14)10-5-3-2-4-9(10)12-8/h2-5,14H,6-7H2,1H3. The van der Waals surface area contributed by atoms with E-state index in [1.807, 2.05) is 24.3 Å². The van der Waals surface area contributed by atoms with E-state index in [0.29, 0.717) is 12.2 Å². The van der Waals surface area contributed by atoms with E-state index < -0.39 is 0 Å². The van der Waals surface area contributed by atoms with Crippen LogP contribution in [0, 0.1) is 6.92 Å². The van der Waals surface area contributed by atoms with Crippen LogP contribution in [0.1, 0.15) is 5.69 Å². The van der Waals surface area contributed by atoms with Crippen molar-refractivity contribution in [1.29, 1.82) is 0 Å². The Balaban J connectivity index is 2.83. The SMILES string of the molecule is Cc1nc2ccccc2n(CCO)c1=O. The number of para-hydroxylation sites is 2. The maximum absolute atomic E-state index is 11.8. The summed E-state index contributed by atoms with van der Waals surface area (Å²) in [6.45, 7) is 1.94. The quantitative estimate of drug-likeness (QED) is 0.783. The maximum Gasteiger partial charge on any atom is 0.272 e. The van der Waals surface area contributed by atoms with E-state index in [4.69, 9.17) is 5.11 Å². The Labute approximate surface area is 86.8 Å². The van der Waals surface area contributed by atoms with Crippen LogP contribution in [0.15, 0.2) is 29.1 Å². The molecule has 4 heteroatoms. The number of aromatic nitrogens is 2. The number of aliphatic hydroxyl groups is 1. The molecule has 1 aromatic heterocycles. The minimum atomic E-state index is -0.136. The van der Waals surface area contributed by atoms with Crippen molar-refractivity contribution in [3.63, 3.8) is 0 Å². The average molecular weight is 204 g/mol. The lowest BCUT2D eigenvalue weighted by Gasteiger charge is -2.08. The van der Waals surface area contributed by atoms with Crippen LogP contribution in [0.4, 0.5) is 0 Å². The van der Waals surface area contributed by atoms with Crippen molar-refractivity contribution in [1.82, 2.24) is 9.55 Å². The third-order valence-corrected chi connectivity index (χ3v) is 2.34. The summed E-state index contributed by atoms with van der Waals surface area (Å²) in [5.41, 5.74) is 1.87. The molecule has 0 atom stereocenters. The Morgan fingerprint density at radius 2 is 2.13 bits per heavy atom. The lowest BCUT2D eigenvalue weighted by molar-refractivity contribution is 0.276. The number of hydrogen-bond acceptors (Lipinski definition) is 3. The van der Waals surface area contributed by atoms with Gasteiger partial charge in [-0.3, -0.25) is 4.79 Å². The van der Waals surface area contributed by atoms with Crippen LogP contribution >= 0.6 is 0 Å². The van der Waals surface area contributed by atoms with Gasteiger partial charge < -0.3 is 9.67 Å². The summed E-state index contributed by atoms with van der Waals surface area (Å²) in [5.74, 6) is 0. The molecule has 0 radical (unpaired) electrons. The van der Waals surface area contributed by atoms with Crippen LogP contribution in [0.5, 0.6) is 0 Å². The molecule has 2 rings (SSSR count). The molecule has 4 nitrogen and oxygen atoms in total. The third kappa shape index (κ3) is 1.64. The predicted molar refractivity (Wildman–Crippen MR) is 57.8 cm³/mol. The molecule has 0 fully saturated rings. The fourth-order valence-corrected chi connectivity index (χ4v) is 1.64. The maximum atomic E-state index is 11.8. The summed E-state index contributed by atoms with van der Waals surface area (Å²) in [6, 6.07) is 7.42. The minimum absolute atomic E-state index is 0.0483. The van der Waals surface area contributed by atoms with Gasteiger partial charge >= 0.3 is 0 Å². The van der Waals surface area contributed by atoms with Crippen molar-refractivity contribution in [2.75, 3.05) is 6.61 Å². The van der Waals surface area contributed by atoms with Gasteiger partial charge in [-0.1, -0.05) is 12.1 Å². The first-order chi connectivity index (χ1) is 7.24. The highest BCUT2D eigenvalue weighted by Gasteiger charge is 2.06. The third-order valence-electron chi connectivity index (χ3n) is 2.34. The smallest absolute Gasteiger partial charge is 0.272 e. The van der Waals surface area contributed by atoms with Crippen LogP contribution in [-0.4, -0.2) is 21.3 Å². The van der Waals surface area contributed by atoms with Crippen LogP contribution in [-0.2, 0) is 6.54 Å². The first-order valence-corrected chi connectivity index (χ1v) is 4.81. The molecule has 0 aliphatic heterocycles. The van der Waals surface area contributed by atoms with Gasteiger partial charge in [-0.15, -0.1) is 0 Å². The van der Waals surface area contributed by atoms with Crippen molar-refractivity contribution in [2.45, 2.75) is 13.5 Å². The van der Waals surface area contributed by atoms with Gasteiger partial charge in [-0.2, -0.15) is 0 Å². The van der Waals surface area contributed by atoms with E-state index in [1.54, 1.807) is 11.5 Å². The largest absolute Gasteiger partial charge is 0.395 e. The zero-order chi connectivity index (χ0) is 10.8. The Kier molecular flexibility index (Phi) is 2.51. The van der Waals surface area contributed by atoms with Crippen molar-refractivity contribution in [3.05, 3.63) is 40.3 Å². The minimum Gasteiger partial charge on any atom is -0.395 e. The molecule has 0 bridgehead atoms. The summed E-state index contributed by atoms with van der Waals surface area (Å²) in [7, 11) is 0. The highest BCUT2D eigenvalue weighted by molar-refractivity contribution is 5.74. The summed E-state index contributed by atoms with van der Waals surface area (Å²) in [5, 5.41) is 8.91. The molecule has 15 heavy (non-hydrogen) atoms. The number of fused-ring (bicyclic) bond motifs is 1. The summed E-state index contributed by atoms with van der Waals surface area (Å²) < 4.78 is 1.55. The summed E-state index contributed by atoms with van der Waals surface area (Å²) in [4.78, 5) is 16.0. The Morgan fingerprint density at radius 1 is 1.40 bits per heavy atom. The van der Waals surface area contributed by atoms with Gasteiger partial charge in [-0.25, -0.2) is 4.98 Å². The fourth-order valence-electron chi connectivity index (χ4n) is 1.64. The van der Waals surface area contributed by atoms with Gasteiger partial charge in [0.05, 0.1) is 17.6 Å². The van der Waals surface area contributed by atoms with Crippen LogP contribution in [0.25, 0.3) is 11.0 Å². The summed E-state index contributed by atoms with van der Waals surface area (Å²) in [6.07, 6.45) is 0. The van der Waals surface area contributed by atoms with Crippen molar-refractivity contribution < 1.29 is 5.11 Å². The fraction of sp³-hybridized carbons (Fsp3) is 0.273. The van der Waals surface area contributed by atoms with Gasteiger partial charge in [-0.05, 0) is 19.1 Å². The molecule has 0 aliphatic rings. The van der Waals surface area contributed by atoms with Crippen molar-refractivity contribution in [2.24, 2.45) is 0 Å². The van der Waals surface area contributed by atoms with Gasteiger partial charge in [0, 0.05) is 6.54 Å². The molecule has 0 spiro atoms. The second-order valence-electron chi connectivity index (χ2n) is 3.37. The normalized spacial score (nSPS) is 10.8. The Bertz CT molecular complexity index is 546. The van der Waals surface area contributed by atoms with E-state index in [2.05, 4.69) is 4.98 Å². The predicted octanol–water partition coefficient (Wildman–Crippen LogP) is 0.697. The van der Waals surface area contributed by atoms with Gasteiger partial charge in [0.1, 0.15) is 5.69 Å². The molecule has 1 heterocycles. The molecule has 0 unspecified atom stereocenters. The van der Waals surface area contributed by atoms with Crippen LogP contribution < -0.4 is 5.56 Å². The average Bonchev–Trinajstić information content (AvgIpc) is 2.25. The lowest BCUT2D eigenvalue weighted by Crippen LogP contribution is -2.25. The zero-order valence-corrected chi connectivity index (χ0v) is 8.47. The molecule has 1 aromatic carbocycles. The molecule has 1 N–H and O–H groups in total. The second kappa shape index (κ2) is 3.82. The van der Waals surface area contributed by atoms with Crippen molar-refractivity contribution >= 4 is 11.0 Å². The Morgan fingerprint density at radius 3 is 2.87 bits per heavy atom. The van der Waals surface area contributed by atoms with Crippen LogP contribution in [0.2, 0.25) is 0 Å². The topological polar surface area (TPSA) is 55.1 Å². The lowest BCUT2D eigenvalue weighted by atomic mass is 10.3. The number of rotatable bonds is 2. The number of aryl methyl sites for hydroxylation is 1. The van der Waals surface area contributed by atoms with Gasteiger partial charge in [0.2, 0.25) is 0 Å². The summed E-state index contributed by atoms with van der Waals surface area (Å²) >= 11 is 0. The van der Waals surface area contributed by atoms with Gasteiger partial charge in [0.25, 0.3) is 5.56 Å². The first kappa shape index (κ1) is 9.86. The molecule has 2 aromatic rings. The van der Waals surface area contributed by atoms with E-state index >= 15 is 0 Å². The molecular weight excluding hydrogens is 192 g/mol. The number of hydrogen-bond donors (Lipinski definition) is 1. The van der Waals surface area contributed by atoms with E-state index in [1.165, 1.54) is 0 Å². The number of nitrogens with zero attached hydrogens (tertiary/aromatic N) is 2. The molecule has 0 saturated heterocycles. The number of aliphatic hydroxyl groups excluding tert-OH is 1. The highest BCUT2D eigenvalue weighted by atomic mass is 16.3. The van der Waals surface area contributed by atoms with Crippen LogP contribution in [0.3, 0.4) is 0 Å². The molecule has 0 aliphatic carbocycles. The molecule has 0 saturated carbocycles. The molecule has 78 valence electrons. The monoisotopic (exact) mass is 204 g/mol. The number of benzene rings is 1. The molecular formula is C11H12N2O2. The van der Waals surface area contributed by atoms with E-state index in [-0.39, 0.29) is 12.2 Å². The van der Waals surface area contributed by atoms with Gasteiger partial charge in [0.15, 0.2) is 0 Å². The van der Waals surface area contributed by atoms with E-state index in [9.17, 15) is 4.79 Å². The van der Waals surface area contributed by atoms with Crippen molar-refractivity contribution in [3.8, 4) is 0 Å². The van der Waals surface area contributed by atoms with E-state index in [0.717, 1.165) is 11.0 Å². The first-order valence-electron chi connectivity index (χ1n) is 4.81. The second-order valence-corrected chi connectivity index (χ2v) is 3.37.